The first-order valence-corrected chi connectivity index (χ1v) is 10.3. The van der Waals surface area contributed by atoms with Crippen LogP contribution in [0.25, 0.3) is 0 Å². The molecule has 0 bridgehead atoms. The predicted octanol–water partition coefficient (Wildman–Crippen LogP) is 6.77. The molecule has 128 valence electrons. The third-order valence-corrected chi connectivity index (χ3v) is 5.67. The van der Waals surface area contributed by atoms with Gasteiger partial charge in [-0.15, -0.1) is 11.8 Å². The zero-order chi connectivity index (χ0) is 17.5. The third kappa shape index (κ3) is 5.38. The maximum absolute atomic E-state index is 3.55. The maximum atomic E-state index is 3.55. The molecule has 0 saturated carbocycles. The normalized spacial score (nSPS) is 10.6. The lowest BCUT2D eigenvalue weighted by atomic mass is 10.2. The molecule has 3 aromatic rings. The molecule has 0 N–H and O–H groups in total. The van der Waals surface area contributed by atoms with Gasteiger partial charge in [0.25, 0.3) is 0 Å². The summed E-state index contributed by atoms with van der Waals surface area (Å²) in [6, 6.07) is 28.1. The van der Waals surface area contributed by atoms with E-state index in [1.54, 1.807) is 0 Å². The SMILES string of the molecule is CCN(Cc1cccc(Br)c1)c1ccc(SCc2ccccc2)cc1. The molecule has 0 aliphatic carbocycles. The van der Waals surface area contributed by atoms with E-state index in [1.165, 1.54) is 21.7 Å². The van der Waals surface area contributed by atoms with Crippen molar-refractivity contribution in [3.63, 3.8) is 0 Å². The number of benzene rings is 3. The molecular weight excluding hydrogens is 390 g/mol. The van der Waals surface area contributed by atoms with E-state index in [0.29, 0.717) is 0 Å². The maximum Gasteiger partial charge on any atom is 0.0429 e. The van der Waals surface area contributed by atoms with Gasteiger partial charge in [0.15, 0.2) is 0 Å². The van der Waals surface area contributed by atoms with Gasteiger partial charge >= 0.3 is 0 Å². The van der Waals surface area contributed by atoms with E-state index in [1.807, 2.05) is 11.8 Å². The van der Waals surface area contributed by atoms with Crippen LogP contribution in [0.1, 0.15) is 18.1 Å². The van der Waals surface area contributed by atoms with Crippen LogP contribution >= 0.6 is 27.7 Å². The van der Waals surface area contributed by atoms with Crippen molar-refractivity contribution in [2.75, 3.05) is 11.4 Å². The highest BCUT2D eigenvalue weighted by Crippen LogP contribution is 2.26. The third-order valence-electron chi connectivity index (χ3n) is 4.09. The van der Waals surface area contributed by atoms with E-state index in [9.17, 15) is 0 Å². The average molecular weight is 412 g/mol. The van der Waals surface area contributed by atoms with E-state index in [-0.39, 0.29) is 0 Å². The lowest BCUT2D eigenvalue weighted by Gasteiger charge is -2.23. The molecule has 0 amide bonds. The van der Waals surface area contributed by atoms with Gasteiger partial charge in [-0.05, 0) is 54.4 Å². The average Bonchev–Trinajstić information content (AvgIpc) is 2.66. The summed E-state index contributed by atoms with van der Waals surface area (Å²) in [4.78, 5) is 3.71. The van der Waals surface area contributed by atoms with Gasteiger partial charge in [0.1, 0.15) is 0 Å². The Balaban J connectivity index is 1.63. The monoisotopic (exact) mass is 411 g/mol. The van der Waals surface area contributed by atoms with Gasteiger partial charge in [-0.1, -0.05) is 58.4 Å². The van der Waals surface area contributed by atoms with E-state index in [0.717, 1.165) is 23.3 Å². The van der Waals surface area contributed by atoms with E-state index in [2.05, 4.69) is 107 Å². The number of halogens is 1. The topological polar surface area (TPSA) is 3.24 Å². The highest BCUT2D eigenvalue weighted by atomic mass is 79.9. The molecule has 0 unspecified atom stereocenters. The molecule has 0 aliphatic heterocycles. The molecule has 0 saturated heterocycles. The van der Waals surface area contributed by atoms with E-state index >= 15 is 0 Å². The number of hydrogen-bond acceptors (Lipinski definition) is 2. The highest BCUT2D eigenvalue weighted by molar-refractivity contribution is 9.10. The number of nitrogens with zero attached hydrogens (tertiary/aromatic N) is 1. The first-order valence-electron chi connectivity index (χ1n) is 8.51. The number of thioether (sulfide) groups is 1. The molecular formula is C22H22BrNS. The largest absolute Gasteiger partial charge is 0.367 e. The summed E-state index contributed by atoms with van der Waals surface area (Å²) in [6.45, 7) is 4.12. The Kier molecular flexibility index (Phi) is 6.60. The van der Waals surface area contributed by atoms with Gasteiger partial charge in [-0.3, -0.25) is 0 Å². The molecule has 0 fully saturated rings. The molecule has 0 aliphatic rings. The van der Waals surface area contributed by atoms with E-state index < -0.39 is 0 Å². The molecule has 0 aromatic heterocycles. The van der Waals surface area contributed by atoms with Crippen molar-refractivity contribution >= 4 is 33.4 Å². The number of hydrogen-bond donors (Lipinski definition) is 0. The Morgan fingerprint density at radius 2 is 1.56 bits per heavy atom. The van der Waals surface area contributed by atoms with Crippen LogP contribution in [0.5, 0.6) is 0 Å². The summed E-state index contributed by atoms with van der Waals surface area (Å²) in [5.41, 5.74) is 3.95. The van der Waals surface area contributed by atoms with Gasteiger partial charge in [-0.25, -0.2) is 0 Å². The molecule has 0 radical (unpaired) electrons. The number of anilines is 1. The Morgan fingerprint density at radius 1 is 0.840 bits per heavy atom. The highest BCUT2D eigenvalue weighted by Gasteiger charge is 2.06. The van der Waals surface area contributed by atoms with Crippen LogP contribution in [0.15, 0.2) is 88.2 Å². The second kappa shape index (κ2) is 9.12. The van der Waals surface area contributed by atoms with Crippen LogP contribution in [0.4, 0.5) is 5.69 Å². The summed E-state index contributed by atoms with van der Waals surface area (Å²) < 4.78 is 1.13. The van der Waals surface area contributed by atoms with Crippen molar-refractivity contribution in [2.24, 2.45) is 0 Å². The van der Waals surface area contributed by atoms with Crippen molar-refractivity contribution < 1.29 is 0 Å². The Bertz CT molecular complexity index is 787. The second-order valence-electron chi connectivity index (χ2n) is 5.91. The lowest BCUT2D eigenvalue weighted by molar-refractivity contribution is 0.831. The van der Waals surface area contributed by atoms with E-state index in [4.69, 9.17) is 0 Å². The molecule has 1 nitrogen and oxygen atoms in total. The van der Waals surface area contributed by atoms with Crippen LogP contribution in [-0.4, -0.2) is 6.54 Å². The van der Waals surface area contributed by atoms with Crippen LogP contribution < -0.4 is 4.90 Å². The smallest absolute Gasteiger partial charge is 0.0429 e. The minimum atomic E-state index is 0.923. The first kappa shape index (κ1) is 18.1. The van der Waals surface area contributed by atoms with Crippen molar-refractivity contribution in [1.82, 2.24) is 0 Å². The predicted molar refractivity (Wildman–Crippen MR) is 113 cm³/mol. The Morgan fingerprint density at radius 3 is 2.24 bits per heavy atom. The van der Waals surface area contributed by atoms with Crippen LogP contribution in [0.3, 0.4) is 0 Å². The van der Waals surface area contributed by atoms with Crippen LogP contribution in [-0.2, 0) is 12.3 Å². The van der Waals surface area contributed by atoms with Gasteiger partial charge in [0, 0.05) is 33.9 Å². The fourth-order valence-corrected chi connectivity index (χ4v) is 4.04. The van der Waals surface area contributed by atoms with Crippen molar-refractivity contribution in [2.45, 2.75) is 24.1 Å². The van der Waals surface area contributed by atoms with Crippen LogP contribution in [0, 0.1) is 0 Å². The molecule has 3 rings (SSSR count). The number of rotatable bonds is 7. The van der Waals surface area contributed by atoms with Gasteiger partial charge in [0.05, 0.1) is 0 Å². The van der Waals surface area contributed by atoms with Crippen molar-refractivity contribution in [1.29, 1.82) is 0 Å². The molecule has 3 heteroatoms. The fraction of sp³-hybridized carbons (Fsp3) is 0.182. The second-order valence-corrected chi connectivity index (χ2v) is 7.88. The molecule has 25 heavy (non-hydrogen) atoms. The Labute approximate surface area is 163 Å². The van der Waals surface area contributed by atoms with Gasteiger partial charge < -0.3 is 4.90 Å². The van der Waals surface area contributed by atoms with Gasteiger partial charge in [-0.2, -0.15) is 0 Å². The minimum absolute atomic E-state index is 0.923. The summed E-state index contributed by atoms with van der Waals surface area (Å²) >= 11 is 5.44. The summed E-state index contributed by atoms with van der Waals surface area (Å²) in [5, 5.41) is 0. The Hall–Kier alpha value is -1.71. The zero-order valence-corrected chi connectivity index (χ0v) is 16.8. The summed E-state index contributed by atoms with van der Waals surface area (Å²) in [6.07, 6.45) is 0. The van der Waals surface area contributed by atoms with Crippen molar-refractivity contribution in [3.8, 4) is 0 Å². The molecule has 0 spiro atoms. The molecule has 3 aromatic carbocycles. The van der Waals surface area contributed by atoms with Crippen molar-refractivity contribution in [3.05, 3.63) is 94.5 Å². The summed E-state index contributed by atoms with van der Waals surface area (Å²) in [5.74, 6) is 1.01. The zero-order valence-electron chi connectivity index (χ0n) is 14.4. The minimum Gasteiger partial charge on any atom is -0.367 e. The van der Waals surface area contributed by atoms with Crippen LogP contribution in [0.2, 0.25) is 0 Å². The standard InChI is InChI=1S/C22H22BrNS/c1-2-24(16-19-9-6-10-20(23)15-19)21-11-13-22(14-12-21)25-17-18-7-4-3-5-8-18/h3-15H,2,16-17H2,1H3. The first-order chi connectivity index (χ1) is 12.2. The fourth-order valence-electron chi connectivity index (χ4n) is 2.74. The molecule has 0 heterocycles. The summed E-state index contributed by atoms with van der Waals surface area (Å²) in [7, 11) is 0. The quantitative estimate of drug-likeness (QED) is 0.394. The lowest BCUT2D eigenvalue weighted by Crippen LogP contribution is -2.21. The van der Waals surface area contributed by atoms with Gasteiger partial charge in [0.2, 0.25) is 0 Å². The molecule has 0 atom stereocenters.